The Morgan fingerprint density at radius 1 is 0.731 bits per heavy atom. The third-order valence-electron chi connectivity index (χ3n) is 7.74. The Kier molecular flexibility index (Phi) is 17.1. The number of hydrogen-bond donors (Lipinski definition) is 10. The summed E-state index contributed by atoms with van der Waals surface area (Å²) in [5.74, 6) is -7.59. The molecule has 2 rings (SSSR count). The standard InChI is InChI=1S/C34H48N8O10/c1-18(2)29(34(52)38-17-27(45)37-11-6-12-43)42-30(48)19(3)39-32(50)25(16-26(36)44)41-33(51)24(40-31(49)23(35)15-28(46)47)14-20-9-10-21-7-4-5-8-22(21)13-20/h4-5,7-10,13,18-19,23-25,29,43H,6,11-12,14-17,35H2,1-3H3,(H2,36,44)(H,37,45)(H,38,52)(H,39,50)(H,40,49)(H,41,51)(H,42,48)(H,46,47)/t19-,23-,24-,25-,29-/m0/s1. The van der Waals surface area contributed by atoms with Crippen molar-refractivity contribution in [3.8, 4) is 0 Å². The predicted molar refractivity (Wildman–Crippen MR) is 188 cm³/mol. The quantitative estimate of drug-likeness (QED) is 0.0590. The first-order valence-electron chi connectivity index (χ1n) is 16.6. The van der Waals surface area contributed by atoms with Crippen LogP contribution >= 0.6 is 0 Å². The highest BCUT2D eigenvalue weighted by atomic mass is 16.4. The van der Waals surface area contributed by atoms with Crippen molar-refractivity contribution in [3.05, 3.63) is 48.0 Å². The average molecular weight is 729 g/mol. The molecule has 12 N–H and O–H groups in total. The van der Waals surface area contributed by atoms with Crippen LogP contribution in [0.25, 0.3) is 10.8 Å². The lowest BCUT2D eigenvalue weighted by molar-refractivity contribution is -0.140. The van der Waals surface area contributed by atoms with E-state index in [-0.39, 0.29) is 26.1 Å². The summed E-state index contributed by atoms with van der Waals surface area (Å²) in [6.07, 6.45) is -1.19. The molecule has 18 nitrogen and oxygen atoms in total. The molecule has 18 heteroatoms. The van der Waals surface area contributed by atoms with E-state index in [1.807, 2.05) is 24.3 Å². The second-order valence-corrected chi connectivity index (χ2v) is 12.5. The molecule has 0 aromatic heterocycles. The molecule has 0 aliphatic carbocycles. The molecule has 0 bridgehead atoms. The van der Waals surface area contributed by atoms with Crippen LogP contribution in [0, 0.1) is 5.92 Å². The normalized spacial score (nSPS) is 13.8. The zero-order valence-corrected chi connectivity index (χ0v) is 29.3. The molecule has 0 saturated carbocycles. The Balaban J connectivity index is 2.18. The molecule has 2 aromatic carbocycles. The predicted octanol–water partition coefficient (Wildman–Crippen LogP) is -2.71. The van der Waals surface area contributed by atoms with Gasteiger partial charge in [-0.2, -0.15) is 0 Å². The Morgan fingerprint density at radius 2 is 1.37 bits per heavy atom. The number of hydrogen-bond acceptors (Lipinski definition) is 10. The van der Waals surface area contributed by atoms with Gasteiger partial charge in [0.05, 0.1) is 25.4 Å². The first-order chi connectivity index (χ1) is 24.5. The molecule has 2 aromatic rings. The topological polar surface area (TPSA) is 301 Å². The number of nitrogens with two attached hydrogens (primary N) is 2. The number of carbonyl (C=O) groups is 8. The Bertz CT molecular complexity index is 1620. The Morgan fingerprint density at radius 3 is 1.98 bits per heavy atom. The van der Waals surface area contributed by atoms with Gasteiger partial charge in [-0.05, 0) is 35.6 Å². The van der Waals surface area contributed by atoms with Crippen LogP contribution in [0.2, 0.25) is 0 Å². The molecule has 0 radical (unpaired) electrons. The Labute approximate surface area is 300 Å². The van der Waals surface area contributed by atoms with Gasteiger partial charge in [-0.3, -0.25) is 38.4 Å². The number of benzene rings is 2. The number of carboxylic acid groups (broad SMARTS) is 1. The van der Waals surface area contributed by atoms with E-state index in [0.717, 1.165) is 10.8 Å². The van der Waals surface area contributed by atoms with Crippen molar-refractivity contribution in [2.45, 2.75) is 76.7 Å². The molecule has 284 valence electrons. The summed E-state index contributed by atoms with van der Waals surface area (Å²) in [7, 11) is 0. The summed E-state index contributed by atoms with van der Waals surface area (Å²) < 4.78 is 0. The third kappa shape index (κ3) is 14.3. The van der Waals surface area contributed by atoms with E-state index in [2.05, 4.69) is 31.9 Å². The van der Waals surface area contributed by atoms with E-state index in [9.17, 15) is 38.4 Å². The highest BCUT2D eigenvalue weighted by Gasteiger charge is 2.32. The van der Waals surface area contributed by atoms with E-state index in [4.69, 9.17) is 21.7 Å². The molecule has 0 unspecified atom stereocenters. The molecule has 0 saturated heterocycles. The fourth-order valence-corrected chi connectivity index (χ4v) is 4.89. The second-order valence-electron chi connectivity index (χ2n) is 12.5. The fraction of sp³-hybridized carbons (Fsp3) is 0.471. The van der Waals surface area contributed by atoms with Gasteiger partial charge in [0.1, 0.15) is 24.2 Å². The van der Waals surface area contributed by atoms with Gasteiger partial charge in [0.2, 0.25) is 41.4 Å². The van der Waals surface area contributed by atoms with Gasteiger partial charge in [0.15, 0.2) is 0 Å². The Hall–Kier alpha value is -5.62. The highest BCUT2D eigenvalue weighted by Crippen LogP contribution is 2.17. The maximum absolute atomic E-state index is 13.6. The minimum absolute atomic E-state index is 0.116. The smallest absolute Gasteiger partial charge is 0.305 e. The fourth-order valence-electron chi connectivity index (χ4n) is 4.89. The van der Waals surface area contributed by atoms with Crippen LogP contribution in [-0.4, -0.2) is 107 Å². The van der Waals surface area contributed by atoms with Crippen molar-refractivity contribution in [2.24, 2.45) is 17.4 Å². The summed E-state index contributed by atoms with van der Waals surface area (Å²) in [4.78, 5) is 101. The maximum atomic E-state index is 13.6. The lowest BCUT2D eigenvalue weighted by Crippen LogP contribution is -2.59. The molecule has 0 aliphatic heterocycles. The summed E-state index contributed by atoms with van der Waals surface area (Å²) in [6, 6.07) is 5.80. The number of aliphatic hydroxyl groups excluding tert-OH is 1. The van der Waals surface area contributed by atoms with Gasteiger partial charge in [-0.25, -0.2) is 0 Å². The molecule has 5 atom stereocenters. The molecule has 52 heavy (non-hydrogen) atoms. The summed E-state index contributed by atoms with van der Waals surface area (Å²) >= 11 is 0. The molecule has 0 aliphatic rings. The van der Waals surface area contributed by atoms with E-state index < -0.39 is 96.3 Å². The van der Waals surface area contributed by atoms with Crippen LogP contribution in [0.3, 0.4) is 0 Å². The summed E-state index contributed by atoms with van der Waals surface area (Å²) in [5, 5.41) is 34.3. The van der Waals surface area contributed by atoms with E-state index in [1.54, 1.807) is 32.0 Å². The van der Waals surface area contributed by atoms with Crippen LogP contribution < -0.4 is 43.4 Å². The minimum Gasteiger partial charge on any atom is -0.481 e. The van der Waals surface area contributed by atoms with Crippen LogP contribution in [0.5, 0.6) is 0 Å². The van der Waals surface area contributed by atoms with Crippen molar-refractivity contribution in [1.29, 1.82) is 0 Å². The molecule has 0 spiro atoms. The number of aliphatic carboxylic acids is 1. The number of rotatable bonds is 21. The lowest BCUT2D eigenvalue weighted by atomic mass is 10.00. The third-order valence-corrected chi connectivity index (χ3v) is 7.74. The van der Waals surface area contributed by atoms with Gasteiger partial charge in [0.25, 0.3) is 0 Å². The number of carbonyl (C=O) groups excluding carboxylic acids is 7. The van der Waals surface area contributed by atoms with Crippen molar-refractivity contribution >= 4 is 58.1 Å². The number of primary amides is 1. The van der Waals surface area contributed by atoms with Crippen LogP contribution in [0.1, 0.15) is 45.6 Å². The summed E-state index contributed by atoms with van der Waals surface area (Å²) in [6.45, 7) is 4.31. The number of nitrogens with one attached hydrogen (secondary N) is 6. The SMILES string of the molecule is CC(C)[C@H](NC(=O)[C@H](C)NC(=O)[C@H](CC(N)=O)NC(=O)[C@H](Cc1ccc2ccccc2c1)NC(=O)[C@@H](N)CC(=O)O)C(=O)NCC(=O)NCCCO. The maximum Gasteiger partial charge on any atom is 0.305 e. The number of carboxylic acids is 1. The molecular weight excluding hydrogens is 680 g/mol. The first kappa shape index (κ1) is 42.5. The van der Waals surface area contributed by atoms with Crippen molar-refractivity contribution < 1.29 is 48.6 Å². The van der Waals surface area contributed by atoms with Gasteiger partial charge in [-0.15, -0.1) is 0 Å². The van der Waals surface area contributed by atoms with Gasteiger partial charge in [0, 0.05) is 19.6 Å². The van der Waals surface area contributed by atoms with Crippen LogP contribution in [0.4, 0.5) is 0 Å². The van der Waals surface area contributed by atoms with E-state index in [0.29, 0.717) is 12.0 Å². The minimum atomic E-state index is -1.61. The van der Waals surface area contributed by atoms with Crippen LogP contribution in [-0.2, 0) is 44.8 Å². The zero-order valence-electron chi connectivity index (χ0n) is 29.3. The first-order valence-corrected chi connectivity index (χ1v) is 16.6. The highest BCUT2D eigenvalue weighted by molar-refractivity contribution is 5.98. The molecule has 0 heterocycles. The van der Waals surface area contributed by atoms with E-state index >= 15 is 0 Å². The van der Waals surface area contributed by atoms with Crippen molar-refractivity contribution in [2.75, 3.05) is 19.7 Å². The molecule has 0 fully saturated rings. The van der Waals surface area contributed by atoms with Crippen molar-refractivity contribution in [3.63, 3.8) is 0 Å². The van der Waals surface area contributed by atoms with Crippen LogP contribution in [0.15, 0.2) is 42.5 Å². The molecule has 7 amide bonds. The number of aliphatic hydroxyl groups is 1. The second kappa shape index (κ2) is 20.9. The number of fused-ring (bicyclic) bond motifs is 1. The average Bonchev–Trinajstić information content (AvgIpc) is 3.08. The zero-order chi connectivity index (χ0) is 39.0. The van der Waals surface area contributed by atoms with Gasteiger partial charge >= 0.3 is 5.97 Å². The van der Waals surface area contributed by atoms with Crippen molar-refractivity contribution in [1.82, 2.24) is 31.9 Å². The van der Waals surface area contributed by atoms with Gasteiger partial charge < -0.3 is 53.6 Å². The van der Waals surface area contributed by atoms with Gasteiger partial charge in [-0.1, -0.05) is 56.3 Å². The lowest BCUT2D eigenvalue weighted by Gasteiger charge is -2.26. The van der Waals surface area contributed by atoms with E-state index in [1.165, 1.54) is 6.92 Å². The monoisotopic (exact) mass is 728 g/mol. The largest absolute Gasteiger partial charge is 0.481 e. The number of amides is 7. The molecular formula is C34H48N8O10. The summed E-state index contributed by atoms with van der Waals surface area (Å²) in [5.41, 5.74) is 11.7.